The molecule has 0 aromatic rings. The van der Waals surface area contributed by atoms with Crippen LogP contribution in [0.1, 0.15) is 32.1 Å². The van der Waals surface area contributed by atoms with Gasteiger partial charge in [-0.1, -0.05) is 6.42 Å². The van der Waals surface area contributed by atoms with Crippen LogP contribution in [0.25, 0.3) is 0 Å². The quantitative estimate of drug-likeness (QED) is 0.523. The van der Waals surface area contributed by atoms with Crippen molar-refractivity contribution in [3.05, 3.63) is 0 Å². The van der Waals surface area contributed by atoms with Crippen LogP contribution in [0.5, 0.6) is 0 Å². The smallest absolute Gasteiger partial charge is 0.338 e. The SMILES string of the molecule is O=C1OC2C(OC3(O)CCCCC3)COC2C1O. The van der Waals surface area contributed by atoms with Gasteiger partial charge in [0, 0.05) is 12.8 Å². The first-order chi connectivity index (χ1) is 8.59. The van der Waals surface area contributed by atoms with Crippen LogP contribution in [0.15, 0.2) is 0 Å². The van der Waals surface area contributed by atoms with Crippen LogP contribution in [0.3, 0.4) is 0 Å². The first-order valence-corrected chi connectivity index (χ1v) is 6.49. The average molecular weight is 258 g/mol. The van der Waals surface area contributed by atoms with E-state index < -0.39 is 36.2 Å². The number of fused-ring (bicyclic) bond motifs is 1. The van der Waals surface area contributed by atoms with Crippen molar-refractivity contribution in [3.8, 4) is 0 Å². The van der Waals surface area contributed by atoms with Gasteiger partial charge in [-0.2, -0.15) is 0 Å². The minimum Gasteiger partial charge on any atom is -0.455 e. The van der Waals surface area contributed by atoms with Crippen molar-refractivity contribution >= 4 is 5.97 Å². The number of esters is 1. The lowest BCUT2D eigenvalue weighted by molar-refractivity contribution is -0.255. The van der Waals surface area contributed by atoms with Crippen molar-refractivity contribution in [1.82, 2.24) is 0 Å². The first kappa shape index (κ1) is 12.3. The van der Waals surface area contributed by atoms with E-state index in [1.54, 1.807) is 0 Å². The zero-order chi connectivity index (χ0) is 12.8. The molecular weight excluding hydrogens is 240 g/mol. The second kappa shape index (κ2) is 4.45. The second-order valence-electron chi connectivity index (χ2n) is 5.31. The molecule has 1 saturated carbocycles. The molecule has 0 bridgehead atoms. The van der Waals surface area contributed by atoms with E-state index >= 15 is 0 Å². The zero-order valence-corrected chi connectivity index (χ0v) is 10.1. The number of hydrogen-bond donors (Lipinski definition) is 2. The summed E-state index contributed by atoms with van der Waals surface area (Å²) < 4.78 is 16.1. The van der Waals surface area contributed by atoms with E-state index in [9.17, 15) is 15.0 Å². The molecule has 0 aromatic heterocycles. The van der Waals surface area contributed by atoms with Crippen molar-refractivity contribution < 1.29 is 29.2 Å². The lowest BCUT2D eigenvalue weighted by Gasteiger charge is -2.35. The van der Waals surface area contributed by atoms with Gasteiger partial charge in [0.25, 0.3) is 0 Å². The molecule has 6 heteroatoms. The lowest BCUT2D eigenvalue weighted by atomic mass is 9.94. The normalized spacial score (nSPS) is 42.7. The molecule has 1 aliphatic carbocycles. The molecule has 3 fully saturated rings. The van der Waals surface area contributed by atoms with Crippen LogP contribution < -0.4 is 0 Å². The minimum atomic E-state index is -1.23. The predicted octanol–water partition coefficient (Wildman–Crippen LogP) is -0.291. The number of aliphatic hydroxyl groups is 2. The fraction of sp³-hybridized carbons (Fsp3) is 0.917. The summed E-state index contributed by atoms with van der Waals surface area (Å²) in [6, 6.07) is 0. The van der Waals surface area contributed by atoms with Gasteiger partial charge < -0.3 is 24.4 Å². The average Bonchev–Trinajstić information content (AvgIpc) is 2.83. The monoisotopic (exact) mass is 258 g/mol. The van der Waals surface area contributed by atoms with Crippen LogP contribution in [0.4, 0.5) is 0 Å². The van der Waals surface area contributed by atoms with Gasteiger partial charge in [0.2, 0.25) is 0 Å². The molecule has 18 heavy (non-hydrogen) atoms. The number of carbonyl (C=O) groups excluding carboxylic acids is 1. The Labute approximate surface area is 105 Å². The van der Waals surface area contributed by atoms with E-state index in [1.807, 2.05) is 0 Å². The highest BCUT2D eigenvalue weighted by molar-refractivity contribution is 5.78. The summed E-state index contributed by atoms with van der Waals surface area (Å²) in [5.74, 6) is -1.81. The van der Waals surface area contributed by atoms with E-state index in [2.05, 4.69) is 0 Å². The Morgan fingerprint density at radius 1 is 1.22 bits per heavy atom. The molecule has 2 N–H and O–H groups in total. The molecule has 6 nitrogen and oxygen atoms in total. The Balaban J connectivity index is 1.65. The van der Waals surface area contributed by atoms with Crippen LogP contribution in [0.2, 0.25) is 0 Å². The summed E-state index contributed by atoms with van der Waals surface area (Å²) in [6.45, 7) is 0.238. The summed E-state index contributed by atoms with van der Waals surface area (Å²) in [5.41, 5.74) is 0. The highest BCUT2D eigenvalue weighted by Gasteiger charge is 2.54. The molecule has 4 unspecified atom stereocenters. The number of hydrogen-bond acceptors (Lipinski definition) is 6. The van der Waals surface area contributed by atoms with Crippen LogP contribution >= 0.6 is 0 Å². The molecule has 0 aromatic carbocycles. The molecule has 102 valence electrons. The third-order valence-corrected chi connectivity index (χ3v) is 3.95. The van der Waals surface area contributed by atoms with Gasteiger partial charge in [-0.3, -0.25) is 0 Å². The van der Waals surface area contributed by atoms with E-state index in [0.29, 0.717) is 12.8 Å². The van der Waals surface area contributed by atoms with Gasteiger partial charge >= 0.3 is 5.97 Å². The molecule has 0 amide bonds. The predicted molar refractivity (Wildman–Crippen MR) is 58.5 cm³/mol. The molecule has 3 aliphatic rings. The first-order valence-electron chi connectivity index (χ1n) is 6.49. The molecule has 0 spiro atoms. The third kappa shape index (κ3) is 2.03. The summed E-state index contributed by atoms with van der Waals surface area (Å²) in [4.78, 5) is 11.2. The molecule has 2 aliphatic heterocycles. The third-order valence-electron chi connectivity index (χ3n) is 3.95. The molecule has 2 heterocycles. The summed E-state index contributed by atoms with van der Waals surface area (Å²) in [6.07, 6.45) is 1.18. The van der Waals surface area contributed by atoms with Gasteiger partial charge in [0.15, 0.2) is 18.0 Å². The van der Waals surface area contributed by atoms with Crippen molar-refractivity contribution in [2.24, 2.45) is 0 Å². The summed E-state index contributed by atoms with van der Waals surface area (Å²) >= 11 is 0. The molecule has 2 saturated heterocycles. The standard InChI is InChI=1S/C12H18O6/c13-8-10-9(17-11(8)14)7(6-16-10)18-12(15)4-2-1-3-5-12/h7-10,13,15H,1-6H2. The number of aliphatic hydroxyl groups excluding tert-OH is 1. The van der Waals surface area contributed by atoms with Gasteiger partial charge in [0.05, 0.1) is 6.61 Å². The van der Waals surface area contributed by atoms with Crippen molar-refractivity contribution in [2.75, 3.05) is 6.61 Å². The summed E-state index contributed by atoms with van der Waals surface area (Å²) in [7, 11) is 0. The van der Waals surface area contributed by atoms with Gasteiger partial charge in [-0.25, -0.2) is 4.79 Å². The van der Waals surface area contributed by atoms with Crippen LogP contribution in [-0.2, 0) is 19.0 Å². The lowest BCUT2D eigenvalue weighted by Crippen LogP contribution is -2.43. The second-order valence-corrected chi connectivity index (χ2v) is 5.31. The van der Waals surface area contributed by atoms with Gasteiger partial charge in [-0.05, 0) is 12.8 Å². The van der Waals surface area contributed by atoms with Gasteiger partial charge in [0.1, 0.15) is 12.2 Å². The van der Waals surface area contributed by atoms with Crippen LogP contribution in [-0.4, -0.2) is 53.0 Å². The number of rotatable bonds is 2. The van der Waals surface area contributed by atoms with Crippen molar-refractivity contribution in [1.29, 1.82) is 0 Å². The highest BCUT2D eigenvalue weighted by Crippen LogP contribution is 2.36. The Hall–Kier alpha value is -0.690. The fourth-order valence-electron chi connectivity index (χ4n) is 2.96. The van der Waals surface area contributed by atoms with E-state index in [-0.39, 0.29) is 6.61 Å². The minimum absolute atomic E-state index is 0.238. The van der Waals surface area contributed by atoms with Crippen molar-refractivity contribution in [3.63, 3.8) is 0 Å². The molecule has 0 radical (unpaired) electrons. The van der Waals surface area contributed by atoms with E-state index in [0.717, 1.165) is 19.3 Å². The fourth-order valence-corrected chi connectivity index (χ4v) is 2.96. The summed E-state index contributed by atoms with van der Waals surface area (Å²) in [5, 5.41) is 19.8. The maximum atomic E-state index is 11.2. The molecular formula is C12H18O6. The topological polar surface area (TPSA) is 85.2 Å². The van der Waals surface area contributed by atoms with E-state index in [4.69, 9.17) is 14.2 Å². The number of ether oxygens (including phenoxy) is 3. The van der Waals surface area contributed by atoms with E-state index in [1.165, 1.54) is 0 Å². The van der Waals surface area contributed by atoms with Crippen molar-refractivity contribution in [2.45, 2.75) is 62.3 Å². The van der Waals surface area contributed by atoms with Gasteiger partial charge in [-0.15, -0.1) is 0 Å². The van der Waals surface area contributed by atoms with Crippen LogP contribution in [0, 0.1) is 0 Å². The maximum absolute atomic E-state index is 11.2. The number of carbonyl (C=O) groups is 1. The Kier molecular flexibility index (Phi) is 3.05. The molecule has 4 atom stereocenters. The zero-order valence-electron chi connectivity index (χ0n) is 10.1. The Morgan fingerprint density at radius 2 is 1.94 bits per heavy atom. The largest absolute Gasteiger partial charge is 0.455 e. The Morgan fingerprint density at radius 3 is 2.67 bits per heavy atom. The Bertz CT molecular complexity index is 337. The molecule has 3 rings (SSSR count). The highest BCUT2D eigenvalue weighted by atomic mass is 16.7. The maximum Gasteiger partial charge on any atom is 0.338 e.